The summed E-state index contributed by atoms with van der Waals surface area (Å²) in [7, 11) is 0. The molecule has 0 atom stereocenters. The molecule has 23 heavy (non-hydrogen) atoms. The van der Waals surface area contributed by atoms with E-state index >= 15 is 0 Å². The van der Waals surface area contributed by atoms with Crippen LogP contribution in [0.15, 0.2) is 42.7 Å². The van der Waals surface area contributed by atoms with Crippen molar-refractivity contribution in [1.29, 1.82) is 0 Å². The summed E-state index contributed by atoms with van der Waals surface area (Å²) < 4.78 is 1.80. The summed E-state index contributed by atoms with van der Waals surface area (Å²) >= 11 is 0. The second-order valence-corrected chi connectivity index (χ2v) is 5.65. The molecule has 116 valence electrons. The molecule has 4 rings (SSSR count). The fourth-order valence-electron chi connectivity index (χ4n) is 2.83. The molecule has 0 radical (unpaired) electrons. The SMILES string of the molecule is Nc1ncc2c(n1)CCN(Cc1cn(-c3ccccc3)nn1)C2. The van der Waals surface area contributed by atoms with Gasteiger partial charge in [0.05, 0.1) is 23.3 Å². The van der Waals surface area contributed by atoms with Crippen LogP contribution in [0.4, 0.5) is 5.95 Å². The number of fused-ring (bicyclic) bond motifs is 1. The van der Waals surface area contributed by atoms with Crippen LogP contribution < -0.4 is 5.73 Å². The van der Waals surface area contributed by atoms with E-state index in [4.69, 9.17) is 5.73 Å². The van der Waals surface area contributed by atoms with Crippen LogP contribution in [0.5, 0.6) is 0 Å². The van der Waals surface area contributed by atoms with E-state index in [0.29, 0.717) is 5.95 Å². The summed E-state index contributed by atoms with van der Waals surface area (Å²) in [6.07, 6.45) is 4.68. The average Bonchev–Trinajstić information content (AvgIpc) is 3.04. The Balaban J connectivity index is 1.47. The Kier molecular flexibility index (Phi) is 3.47. The maximum atomic E-state index is 5.64. The molecule has 0 amide bonds. The molecule has 1 aromatic carbocycles. The van der Waals surface area contributed by atoms with E-state index in [1.54, 1.807) is 4.68 Å². The molecule has 0 fully saturated rings. The van der Waals surface area contributed by atoms with Gasteiger partial charge in [0.15, 0.2) is 0 Å². The Hall–Kier alpha value is -2.80. The second-order valence-electron chi connectivity index (χ2n) is 5.65. The van der Waals surface area contributed by atoms with Gasteiger partial charge in [-0.2, -0.15) is 0 Å². The molecule has 0 aliphatic carbocycles. The molecular formula is C16H17N7. The zero-order valence-corrected chi connectivity index (χ0v) is 12.6. The molecule has 2 N–H and O–H groups in total. The van der Waals surface area contributed by atoms with Gasteiger partial charge in [-0.05, 0) is 12.1 Å². The minimum absolute atomic E-state index is 0.350. The fourth-order valence-corrected chi connectivity index (χ4v) is 2.83. The molecule has 3 aromatic rings. The molecular weight excluding hydrogens is 290 g/mol. The van der Waals surface area contributed by atoms with Crippen LogP contribution in [-0.4, -0.2) is 36.4 Å². The van der Waals surface area contributed by atoms with E-state index < -0.39 is 0 Å². The number of nitrogens with two attached hydrogens (primary N) is 1. The number of nitrogens with zero attached hydrogens (tertiary/aromatic N) is 6. The molecule has 3 heterocycles. The number of aromatic nitrogens is 5. The quantitative estimate of drug-likeness (QED) is 0.782. The lowest BCUT2D eigenvalue weighted by molar-refractivity contribution is 0.240. The minimum Gasteiger partial charge on any atom is -0.368 e. The molecule has 0 spiro atoms. The third kappa shape index (κ3) is 2.91. The van der Waals surface area contributed by atoms with Crippen LogP contribution >= 0.6 is 0 Å². The van der Waals surface area contributed by atoms with E-state index in [2.05, 4.69) is 25.2 Å². The molecule has 2 aromatic heterocycles. The van der Waals surface area contributed by atoms with E-state index in [1.807, 2.05) is 42.7 Å². The number of benzene rings is 1. The third-order valence-electron chi connectivity index (χ3n) is 3.98. The van der Waals surface area contributed by atoms with Crippen LogP contribution in [0.1, 0.15) is 17.0 Å². The summed E-state index contributed by atoms with van der Waals surface area (Å²) in [5.41, 5.74) is 9.80. The number of nitrogen functional groups attached to an aromatic ring is 1. The maximum Gasteiger partial charge on any atom is 0.220 e. The predicted octanol–water partition coefficient (Wildman–Crippen LogP) is 1.20. The first-order chi connectivity index (χ1) is 11.3. The van der Waals surface area contributed by atoms with Crippen molar-refractivity contribution in [3.8, 4) is 5.69 Å². The van der Waals surface area contributed by atoms with Gasteiger partial charge in [0.2, 0.25) is 5.95 Å². The fraction of sp³-hybridized carbons (Fsp3) is 0.250. The zero-order valence-electron chi connectivity index (χ0n) is 12.6. The van der Waals surface area contributed by atoms with E-state index in [-0.39, 0.29) is 0 Å². The second kappa shape index (κ2) is 5.77. The smallest absolute Gasteiger partial charge is 0.220 e. The Bertz CT molecular complexity index is 812. The van der Waals surface area contributed by atoms with Crippen molar-refractivity contribution in [3.05, 3.63) is 59.7 Å². The summed E-state index contributed by atoms with van der Waals surface area (Å²) in [6, 6.07) is 9.99. The summed E-state index contributed by atoms with van der Waals surface area (Å²) in [4.78, 5) is 10.7. The molecule has 0 bridgehead atoms. The van der Waals surface area contributed by atoms with Gasteiger partial charge in [0.25, 0.3) is 0 Å². The van der Waals surface area contributed by atoms with E-state index in [9.17, 15) is 0 Å². The van der Waals surface area contributed by atoms with Crippen LogP contribution in [0.3, 0.4) is 0 Å². The predicted molar refractivity (Wildman–Crippen MR) is 85.6 cm³/mol. The maximum absolute atomic E-state index is 5.64. The molecule has 0 unspecified atom stereocenters. The monoisotopic (exact) mass is 307 g/mol. The van der Waals surface area contributed by atoms with Gasteiger partial charge in [0, 0.05) is 37.8 Å². The minimum atomic E-state index is 0.350. The number of para-hydroxylation sites is 1. The van der Waals surface area contributed by atoms with Crippen molar-refractivity contribution in [1.82, 2.24) is 29.9 Å². The van der Waals surface area contributed by atoms with E-state index in [1.165, 1.54) is 0 Å². The number of rotatable bonds is 3. The van der Waals surface area contributed by atoms with E-state index in [0.717, 1.165) is 48.7 Å². The lowest BCUT2D eigenvalue weighted by Crippen LogP contribution is -2.31. The summed E-state index contributed by atoms with van der Waals surface area (Å²) in [5.74, 6) is 0.350. The van der Waals surface area contributed by atoms with Gasteiger partial charge < -0.3 is 5.73 Å². The lowest BCUT2D eigenvalue weighted by Gasteiger charge is -2.26. The van der Waals surface area contributed by atoms with Gasteiger partial charge in [-0.1, -0.05) is 23.4 Å². The number of hydrogen-bond donors (Lipinski definition) is 1. The lowest BCUT2D eigenvalue weighted by atomic mass is 10.1. The average molecular weight is 307 g/mol. The Labute approximate surface area is 133 Å². The highest BCUT2D eigenvalue weighted by Crippen LogP contribution is 2.18. The van der Waals surface area contributed by atoms with Crippen molar-refractivity contribution in [3.63, 3.8) is 0 Å². The first-order valence-electron chi connectivity index (χ1n) is 7.57. The van der Waals surface area contributed by atoms with Crippen LogP contribution in [0.2, 0.25) is 0 Å². The van der Waals surface area contributed by atoms with Gasteiger partial charge in [-0.25, -0.2) is 14.6 Å². The van der Waals surface area contributed by atoms with Crippen molar-refractivity contribution in [2.45, 2.75) is 19.5 Å². The first-order valence-corrected chi connectivity index (χ1v) is 7.57. The highest BCUT2D eigenvalue weighted by molar-refractivity contribution is 5.30. The van der Waals surface area contributed by atoms with Crippen LogP contribution in [0, 0.1) is 0 Å². The molecule has 1 aliphatic heterocycles. The van der Waals surface area contributed by atoms with Gasteiger partial charge in [-0.15, -0.1) is 5.10 Å². The molecule has 0 saturated heterocycles. The Morgan fingerprint density at radius 3 is 2.91 bits per heavy atom. The van der Waals surface area contributed by atoms with Crippen molar-refractivity contribution in [2.75, 3.05) is 12.3 Å². The number of hydrogen-bond acceptors (Lipinski definition) is 6. The standard InChI is InChI=1S/C16H17N7/c17-16-18-8-12-9-22(7-6-15(12)19-16)10-13-11-23(21-20-13)14-4-2-1-3-5-14/h1-5,8,11H,6-7,9-10H2,(H2,17,18,19). The number of anilines is 1. The summed E-state index contributed by atoms with van der Waals surface area (Å²) in [6.45, 7) is 2.51. The Morgan fingerprint density at radius 1 is 1.17 bits per heavy atom. The highest BCUT2D eigenvalue weighted by atomic mass is 15.4. The van der Waals surface area contributed by atoms with Crippen molar-refractivity contribution >= 4 is 5.95 Å². The normalized spacial score (nSPS) is 14.6. The van der Waals surface area contributed by atoms with Crippen LogP contribution in [0.25, 0.3) is 5.69 Å². The zero-order chi connectivity index (χ0) is 15.6. The van der Waals surface area contributed by atoms with Gasteiger partial charge >= 0.3 is 0 Å². The molecule has 7 heteroatoms. The van der Waals surface area contributed by atoms with Crippen LogP contribution in [-0.2, 0) is 19.5 Å². The Morgan fingerprint density at radius 2 is 2.04 bits per heavy atom. The summed E-state index contributed by atoms with van der Waals surface area (Å²) in [5, 5.41) is 8.48. The van der Waals surface area contributed by atoms with Gasteiger partial charge in [-0.3, -0.25) is 4.90 Å². The topological polar surface area (TPSA) is 85.8 Å². The van der Waals surface area contributed by atoms with Crippen molar-refractivity contribution < 1.29 is 0 Å². The van der Waals surface area contributed by atoms with Gasteiger partial charge in [0.1, 0.15) is 0 Å². The molecule has 7 nitrogen and oxygen atoms in total. The molecule has 1 aliphatic rings. The molecule has 0 saturated carbocycles. The first kappa shape index (κ1) is 13.8. The highest BCUT2D eigenvalue weighted by Gasteiger charge is 2.19. The third-order valence-corrected chi connectivity index (χ3v) is 3.98. The van der Waals surface area contributed by atoms with Crippen molar-refractivity contribution in [2.24, 2.45) is 0 Å². The largest absolute Gasteiger partial charge is 0.368 e.